The molecule has 1 fully saturated rings. The van der Waals surface area contributed by atoms with E-state index in [1.165, 1.54) is 0 Å². The molecule has 110 valence electrons. The normalized spacial score (nSPS) is 20.4. The predicted molar refractivity (Wildman–Crippen MR) is 75.0 cm³/mol. The van der Waals surface area contributed by atoms with Gasteiger partial charge in [0.1, 0.15) is 17.5 Å². The molecule has 1 unspecified atom stereocenters. The summed E-state index contributed by atoms with van der Waals surface area (Å²) >= 11 is 0. The number of hydrogen-bond acceptors (Lipinski definition) is 4. The molecule has 1 aliphatic rings. The molecule has 1 atom stereocenters. The van der Waals surface area contributed by atoms with Crippen molar-refractivity contribution in [2.24, 2.45) is 0 Å². The number of hydrogen-bond donors (Lipinski definition) is 2. The maximum atomic E-state index is 11.4. The average molecular weight is 279 g/mol. The highest BCUT2D eigenvalue weighted by Crippen LogP contribution is 2.27. The summed E-state index contributed by atoms with van der Waals surface area (Å²) in [4.78, 5) is 13.3. The molecule has 2 N–H and O–H groups in total. The van der Waals surface area contributed by atoms with Crippen molar-refractivity contribution in [1.82, 2.24) is 4.90 Å². The van der Waals surface area contributed by atoms with E-state index in [9.17, 15) is 15.0 Å². The van der Waals surface area contributed by atoms with E-state index in [0.29, 0.717) is 24.3 Å². The Morgan fingerprint density at radius 3 is 2.90 bits per heavy atom. The number of phenols is 1. The number of nitrogens with zero attached hydrogens (tertiary/aromatic N) is 1. The third-order valence-corrected chi connectivity index (χ3v) is 3.81. The van der Waals surface area contributed by atoms with Gasteiger partial charge in [0, 0.05) is 12.1 Å². The van der Waals surface area contributed by atoms with Gasteiger partial charge in [-0.25, -0.2) is 0 Å². The van der Waals surface area contributed by atoms with Crippen molar-refractivity contribution in [2.75, 3.05) is 13.7 Å². The van der Waals surface area contributed by atoms with Gasteiger partial charge in [0.05, 0.1) is 7.11 Å². The minimum Gasteiger partial charge on any atom is -0.508 e. The van der Waals surface area contributed by atoms with Crippen LogP contribution in [0.25, 0.3) is 0 Å². The lowest BCUT2D eigenvalue weighted by molar-refractivity contribution is -0.143. The average Bonchev–Trinajstić information content (AvgIpc) is 2.66. The first kappa shape index (κ1) is 14.7. The molecular weight excluding hydrogens is 258 g/mol. The Kier molecular flexibility index (Phi) is 4.84. The summed E-state index contributed by atoms with van der Waals surface area (Å²) in [7, 11) is 1.57. The summed E-state index contributed by atoms with van der Waals surface area (Å²) in [5.41, 5.74) is 0.706. The quantitative estimate of drug-likeness (QED) is 0.884. The fraction of sp³-hybridized carbons (Fsp3) is 0.533. The number of aliphatic carboxylic acids is 1. The monoisotopic (exact) mass is 279 g/mol. The van der Waals surface area contributed by atoms with Gasteiger partial charge in [-0.15, -0.1) is 0 Å². The van der Waals surface area contributed by atoms with Crippen LogP contribution in [-0.2, 0) is 11.3 Å². The fourth-order valence-corrected chi connectivity index (χ4v) is 2.67. The molecule has 1 aliphatic heterocycles. The summed E-state index contributed by atoms with van der Waals surface area (Å²) < 4.78 is 5.15. The number of carboxylic acids is 1. The van der Waals surface area contributed by atoms with Crippen LogP contribution in [-0.4, -0.2) is 40.8 Å². The number of benzene rings is 1. The highest BCUT2D eigenvalue weighted by Gasteiger charge is 2.27. The molecule has 1 saturated heterocycles. The van der Waals surface area contributed by atoms with Crippen LogP contribution >= 0.6 is 0 Å². The molecule has 20 heavy (non-hydrogen) atoms. The van der Waals surface area contributed by atoms with Crippen molar-refractivity contribution in [3.8, 4) is 11.5 Å². The second-order valence-electron chi connectivity index (χ2n) is 5.17. The van der Waals surface area contributed by atoms with Gasteiger partial charge in [-0.05, 0) is 37.6 Å². The number of phenolic OH excluding ortho intramolecular Hbond substituents is 1. The lowest BCUT2D eigenvalue weighted by Gasteiger charge is -2.27. The largest absolute Gasteiger partial charge is 0.508 e. The Morgan fingerprint density at radius 1 is 1.40 bits per heavy atom. The molecule has 5 nitrogen and oxygen atoms in total. The number of aromatic hydroxyl groups is 1. The van der Waals surface area contributed by atoms with Crippen molar-refractivity contribution in [2.45, 2.75) is 38.3 Å². The number of methoxy groups -OCH3 is 1. The van der Waals surface area contributed by atoms with Gasteiger partial charge in [0.25, 0.3) is 0 Å². The molecule has 1 aromatic carbocycles. The number of carboxylic acid groups (broad SMARTS) is 1. The van der Waals surface area contributed by atoms with Crippen LogP contribution in [0.4, 0.5) is 0 Å². The van der Waals surface area contributed by atoms with Crippen LogP contribution in [0.5, 0.6) is 11.5 Å². The van der Waals surface area contributed by atoms with E-state index in [0.717, 1.165) is 25.8 Å². The van der Waals surface area contributed by atoms with Crippen LogP contribution in [0.1, 0.15) is 31.2 Å². The third kappa shape index (κ3) is 3.42. The molecular formula is C15H21NO4. The summed E-state index contributed by atoms with van der Waals surface area (Å²) in [5, 5.41) is 19.3. The first-order chi connectivity index (χ1) is 9.61. The van der Waals surface area contributed by atoms with Crippen molar-refractivity contribution in [3.63, 3.8) is 0 Å². The highest BCUT2D eigenvalue weighted by molar-refractivity contribution is 5.73. The summed E-state index contributed by atoms with van der Waals surface area (Å²) in [6.45, 7) is 1.17. The molecule has 2 rings (SSSR count). The highest BCUT2D eigenvalue weighted by atomic mass is 16.5. The second-order valence-corrected chi connectivity index (χ2v) is 5.17. The van der Waals surface area contributed by atoms with Crippen molar-refractivity contribution in [3.05, 3.63) is 23.8 Å². The Morgan fingerprint density at radius 2 is 2.20 bits per heavy atom. The van der Waals surface area contributed by atoms with Gasteiger partial charge in [-0.3, -0.25) is 9.69 Å². The molecule has 0 spiro atoms. The molecule has 0 amide bonds. The van der Waals surface area contributed by atoms with Crippen molar-refractivity contribution >= 4 is 5.97 Å². The number of rotatable bonds is 4. The Balaban J connectivity index is 2.19. The van der Waals surface area contributed by atoms with Crippen LogP contribution < -0.4 is 4.74 Å². The Hall–Kier alpha value is -1.75. The van der Waals surface area contributed by atoms with Crippen LogP contribution in [0.2, 0.25) is 0 Å². The SMILES string of the molecule is COc1ccc(O)c(CN2CCCCCC2C(=O)O)c1. The summed E-state index contributed by atoms with van der Waals surface area (Å²) in [5.74, 6) is 0.0629. The van der Waals surface area contributed by atoms with Crippen molar-refractivity contribution < 1.29 is 19.7 Å². The summed E-state index contributed by atoms with van der Waals surface area (Å²) in [6.07, 6.45) is 3.66. The third-order valence-electron chi connectivity index (χ3n) is 3.81. The molecule has 0 saturated carbocycles. The predicted octanol–water partition coefficient (Wildman–Crippen LogP) is 2.23. The van der Waals surface area contributed by atoms with Crippen LogP contribution in [0.3, 0.4) is 0 Å². The molecule has 0 aliphatic carbocycles. The maximum Gasteiger partial charge on any atom is 0.320 e. The number of likely N-dealkylation sites (tertiary alicyclic amines) is 1. The Bertz CT molecular complexity index is 475. The molecule has 0 radical (unpaired) electrons. The molecule has 0 bridgehead atoms. The zero-order valence-electron chi connectivity index (χ0n) is 11.7. The van der Waals surface area contributed by atoms with Gasteiger partial charge in [-0.1, -0.05) is 12.8 Å². The first-order valence-electron chi connectivity index (χ1n) is 6.94. The van der Waals surface area contributed by atoms with Crippen LogP contribution in [0, 0.1) is 0 Å². The van der Waals surface area contributed by atoms with E-state index in [-0.39, 0.29) is 5.75 Å². The van der Waals surface area contributed by atoms with Gasteiger partial charge < -0.3 is 14.9 Å². The van der Waals surface area contributed by atoms with E-state index in [1.807, 2.05) is 4.90 Å². The number of ether oxygens (including phenoxy) is 1. The second kappa shape index (κ2) is 6.61. The van der Waals surface area contributed by atoms with Crippen LogP contribution in [0.15, 0.2) is 18.2 Å². The van der Waals surface area contributed by atoms with E-state index < -0.39 is 12.0 Å². The number of carbonyl (C=O) groups is 1. The fourth-order valence-electron chi connectivity index (χ4n) is 2.67. The van der Waals surface area contributed by atoms with E-state index >= 15 is 0 Å². The van der Waals surface area contributed by atoms with Gasteiger partial charge in [0.15, 0.2) is 0 Å². The first-order valence-corrected chi connectivity index (χ1v) is 6.94. The lowest BCUT2D eigenvalue weighted by atomic mass is 10.1. The van der Waals surface area contributed by atoms with Gasteiger partial charge in [0.2, 0.25) is 0 Å². The molecule has 1 aromatic rings. The van der Waals surface area contributed by atoms with E-state index in [2.05, 4.69) is 0 Å². The standard InChI is InChI=1S/C15H21NO4/c1-20-12-6-7-14(17)11(9-12)10-16-8-4-2-3-5-13(16)15(18)19/h6-7,9,13,17H,2-5,8,10H2,1H3,(H,18,19). The van der Waals surface area contributed by atoms with Gasteiger partial charge >= 0.3 is 5.97 Å². The minimum atomic E-state index is -0.783. The molecule has 5 heteroatoms. The lowest BCUT2D eigenvalue weighted by Crippen LogP contribution is -2.40. The zero-order chi connectivity index (χ0) is 14.5. The van der Waals surface area contributed by atoms with E-state index in [4.69, 9.17) is 4.74 Å². The minimum absolute atomic E-state index is 0.180. The van der Waals surface area contributed by atoms with Crippen molar-refractivity contribution in [1.29, 1.82) is 0 Å². The Labute approximate surface area is 118 Å². The summed E-state index contributed by atoms with van der Waals surface area (Å²) in [6, 6.07) is 4.57. The molecule has 0 aromatic heterocycles. The smallest absolute Gasteiger partial charge is 0.320 e. The van der Waals surface area contributed by atoms with Gasteiger partial charge in [-0.2, -0.15) is 0 Å². The van der Waals surface area contributed by atoms with E-state index in [1.54, 1.807) is 25.3 Å². The maximum absolute atomic E-state index is 11.4. The zero-order valence-corrected chi connectivity index (χ0v) is 11.7. The topological polar surface area (TPSA) is 70.0 Å². The molecule has 1 heterocycles.